The molecule has 0 saturated heterocycles. The molecule has 4 bridgehead atoms. The highest BCUT2D eigenvalue weighted by Crippen LogP contribution is 2.57. The summed E-state index contributed by atoms with van der Waals surface area (Å²) in [5.41, 5.74) is 7.33. The molecule has 0 amide bonds. The van der Waals surface area contributed by atoms with E-state index in [1.165, 1.54) is 44.9 Å². The molecule has 1 atom stereocenters. The molecular weight excluding hydrogens is 250 g/mol. The largest absolute Gasteiger partial charge is 0.373 e. The third-order valence-corrected chi connectivity index (χ3v) is 5.56. The molecule has 108 valence electrons. The van der Waals surface area contributed by atoms with E-state index in [2.05, 4.69) is 9.97 Å². The van der Waals surface area contributed by atoms with Crippen LogP contribution < -0.4 is 5.73 Å². The van der Waals surface area contributed by atoms with Crippen LogP contribution >= 0.6 is 0 Å². The van der Waals surface area contributed by atoms with Gasteiger partial charge in [0.15, 0.2) is 0 Å². The van der Waals surface area contributed by atoms with E-state index in [-0.39, 0.29) is 11.6 Å². The van der Waals surface area contributed by atoms with Gasteiger partial charge in [0.25, 0.3) is 0 Å². The van der Waals surface area contributed by atoms with Crippen LogP contribution in [0.5, 0.6) is 0 Å². The quantitative estimate of drug-likeness (QED) is 0.915. The minimum absolute atomic E-state index is 0.107. The van der Waals surface area contributed by atoms with Crippen LogP contribution in [0.4, 0.5) is 0 Å². The average Bonchev–Trinajstić information content (AvgIpc) is 2.44. The minimum Gasteiger partial charge on any atom is -0.373 e. The summed E-state index contributed by atoms with van der Waals surface area (Å²) in [6.45, 7) is 0.597. The first kappa shape index (κ1) is 12.7. The van der Waals surface area contributed by atoms with Crippen molar-refractivity contribution in [2.45, 2.75) is 50.2 Å². The maximum atomic E-state index is 6.38. The number of aromatic nitrogens is 2. The summed E-state index contributed by atoms with van der Waals surface area (Å²) in [7, 11) is 0. The van der Waals surface area contributed by atoms with E-state index in [1.807, 2.05) is 0 Å². The van der Waals surface area contributed by atoms with Gasteiger partial charge in [0, 0.05) is 18.0 Å². The molecule has 4 saturated carbocycles. The molecule has 0 aliphatic heterocycles. The van der Waals surface area contributed by atoms with Gasteiger partial charge in [-0.25, -0.2) is 9.97 Å². The summed E-state index contributed by atoms with van der Waals surface area (Å²) < 4.78 is 6.38. The fraction of sp³-hybridized carbons (Fsp3) is 0.750. The maximum absolute atomic E-state index is 6.38. The first-order valence-electron chi connectivity index (χ1n) is 7.87. The molecule has 1 heterocycles. The predicted molar refractivity (Wildman–Crippen MR) is 75.8 cm³/mol. The second-order valence-electron chi connectivity index (χ2n) is 7.19. The van der Waals surface area contributed by atoms with Gasteiger partial charge >= 0.3 is 0 Å². The van der Waals surface area contributed by atoms with E-state index in [4.69, 9.17) is 10.5 Å². The predicted octanol–water partition coefficient (Wildman–Crippen LogP) is 2.46. The molecule has 1 aromatic heterocycles. The highest BCUT2D eigenvalue weighted by molar-refractivity contribution is 5.09. The SMILES string of the molecule is NC(COC12CC3CC(CC(C3)C1)C2)c1cncnc1. The highest BCUT2D eigenvalue weighted by atomic mass is 16.5. The molecule has 2 N–H and O–H groups in total. The molecule has 4 fully saturated rings. The lowest BCUT2D eigenvalue weighted by Crippen LogP contribution is -2.52. The molecule has 4 aliphatic rings. The maximum Gasteiger partial charge on any atom is 0.115 e. The van der Waals surface area contributed by atoms with Gasteiger partial charge in [0.1, 0.15) is 6.33 Å². The van der Waals surface area contributed by atoms with E-state index in [9.17, 15) is 0 Å². The lowest BCUT2D eigenvalue weighted by atomic mass is 9.54. The van der Waals surface area contributed by atoms with E-state index in [1.54, 1.807) is 12.4 Å². The Bertz CT molecular complexity index is 441. The Labute approximate surface area is 120 Å². The molecular formula is C16H23N3O. The second-order valence-corrected chi connectivity index (χ2v) is 7.19. The van der Waals surface area contributed by atoms with Gasteiger partial charge < -0.3 is 10.5 Å². The Morgan fingerprint density at radius 1 is 1.10 bits per heavy atom. The number of hydrogen-bond acceptors (Lipinski definition) is 4. The summed E-state index contributed by atoms with van der Waals surface area (Å²) in [4.78, 5) is 8.07. The van der Waals surface area contributed by atoms with Gasteiger partial charge in [0.05, 0.1) is 18.2 Å². The van der Waals surface area contributed by atoms with E-state index >= 15 is 0 Å². The highest BCUT2D eigenvalue weighted by Gasteiger charge is 2.51. The van der Waals surface area contributed by atoms with E-state index < -0.39 is 0 Å². The van der Waals surface area contributed by atoms with Crippen molar-refractivity contribution >= 4 is 0 Å². The first-order chi connectivity index (χ1) is 9.72. The normalized spacial score (nSPS) is 40.0. The summed E-state index contributed by atoms with van der Waals surface area (Å²) in [5.74, 6) is 2.74. The first-order valence-corrected chi connectivity index (χ1v) is 7.87. The van der Waals surface area contributed by atoms with Crippen LogP contribution in [0.1, 0.15) is 50.1 Å². The number of ether oxygens (including phenoxy) is 1. The molecule has 4 aliphatic carbocycles. The summed E-state index contributed by atoms with van der Waals surface area (Å²) >= 11 is 0. The van der Waals surface area contributed by atoms with Crippen molar-refractivity contribution in [2.24, 2.45) is 23.5 Å². The van der Waals surface area contributed by atoms with Crippen LogP contribution in [-0.4, -0.2) is 22.2 Å². The number of nitrogens with two attached hydrogens (primary N) is 1. The van der Waals surface area contributed by atoms with Gasteiger partial charge in [0.2, 0.25) is 0 Å². The third-order valence-electron chi connectivity index (χ3n) is 5.56. The topological polar surface area (TPSA) is 61.0 Å². The summed E-state index contributed by atoms with van der Waals surface area (Å²) in [5, 5.41) is 0. The number of hydrogen-bond donors (Lipinski definition) is 1. The molecule has 1 aromatic rings. The van der Waals surface area contributed by atoms with E-state index in [0.717, 1.165) is 23.3 Å². The lowest BCUT2D eigenvalue weighted by Gasteiger charge is -2.56. The third kappa shape index (κ3) is 2.25. The molecule has 0 radical (unpaired) electrons. The van der Waals surface area contributed by atoms with Crippen molar-refractivity contribution in [3.63, 3.8) is 0 Å². The zero-order chi connectivity index (χ0) is 13.6. The summed E-state index contributed by atoms with van der Waals surface area (Å²) in [6, 6.07) is -0.107. The molecule has 0 aromatic carbocycles. The van der Waals surface area contributed by atoms with Crippen LogP contribution in [0, 0.1) is 17.8 Å². The monoisotopic (exact) mass is 273 g/mol. The van der Waals surface area contributed by atoms with Crippen molar-refractivity contribution < 1.29 is 4.74 Å². The van der Waals surface area contributed by atoms with Crippen LogP contribution in [0.2, 0.25) is 0 Å². The number of rotatable bonds is 4. The zero-order valence-electron chi connectivity index (χ0n) is 11.9. The molecule has 1 unspecified atom stereocenters. The second kappa shape index (κ2) is 4.78. The van der Waals surface area contributed by atoms with Crippen molar-refractivity contribution in [1.82, 2.24) is 9.97 Å². The van der Waals surface area contributed by atoms with Crippen molar-refractivity contribution in [2.75, 3.05) is 6.61 Å². The molecule has 0 spiro atoms. The molecule has 20 heavy (non-hydrogen) atoms. The van der Waals surface area contributed by atoms with Crippen LogP contribution in [0.15, 0.2) is 18.7 Å². The Hall–Kier alpha value is -1.00. The molecule has 4 heteroatoms. The summed E-state index contributed by atoms with van der Waals surface area (Å²) in [6.07, 6.45) is 13.2. The Kier molecular flexibility index (Phi) is 3.04. The van der Waals surface area contributed by atoms with Gasteiger partial charge in [-0.2, -0.15) is 0 Å². The Morgan fingerprint density at radius 3 is 2.20 bits per heavy atom. The van der Waals surface area contributed by atoms with Crippen molar-refractivity contribution in [3.8, 4) is 0 Å². The van der Waals surface area contributed by atoms with Crippen LogP contribution in [0.25, 0.3) is 0 Å². The lowest BCUT2D eigenvalue weighted by molar-refractivity contribution is -0.164. The van der Waals surface area contributed by atoms with Crippen LogP contribution in [0.3, 0.4) is 0 Å². The van der Waals surface area contributed by atoms with Gasteiger partial charge in [-0.1, -0.05) is 0 Å². The van der Waals surface area contributed by atoms with Gasteiger partial charge in [-0.3, -0.25) is 0 Å². The van der Waals surface area contributed by atoms with Gasteiger partial charge in [-0.15, -0.1) is 0 Å². The molecule has 4 nitrogen and oxygen atoms in total. The zero-order valence-corrected chi connectivity index (χ0v) is 11.9. The minimum atomic E-state index is -0.107. The smallest absolute Gasteiger partial charge is 0.115 e. The Balaban J connectivity index is 1.42. The standard InChI is InChI=1S/C16H23N3O/c17-15(14-7-18-10-19-8-14)9-20-16-4-11-1-12(5-16)3-13(2-11)6-16/h7-8,10-13,15H,1-6,9,17H2. The fourth-order valence-corrected chi connectivity index (χ4v) is 5.07. The van der Waals surface area contributed by atoms with E-state index in [0.29, 0.717) is 6.61 Å². The fourth-order valence-electron chi connectivity index (χ4n) is 5.07. The van der Waals surface area contributed by atoms with Gasteiger partial charge in [-0.05, 0) is 56.3 Å². The number of nitrogens with zero attached hydrogens (tertiary/aromatic N) is 2. The average molecular weight is 273 g/mol. The van der Waals surface area contributed by atoms with Crippen LogP contribution in [-0.2, 0) is 4.74 Å². The Morgan fingerprint density at radius 2 is 1.65 bits per heavy atom. The van der Waals surface area contributed by atoms with Crippen molar-refractivity contribution in [1.29, 1.82) is 0 Å². The van der Waals surface area contributed by atoms with Crippen molar-refractivity contribution in [3.05, 3.63) is 24.3 Å². The molecule has 5 rings (SSSR count).